The van der Waals surface area contributed by atoms with Crippen molar-refractivity contribution >= 4 is 17.7 Å². The Morgan fingerprint density at radius 2 is 2.36 bits per heavy atom. The van der Waals surface area contributed by atoms with Crippen molar-refractivity contribution in [2.24, 2.45) is 11.8 Å². The predicted octanol–water partition coefficient (Wildman–Crippen LogP) is 1.18. The zero-order chi connectivity index (χ0) is 8.43. The number of carboxylic acid groups (broad SMARTS) is 1. The maximum absolute atomic E-state index is 10.6. The quantitative estimate of drug-likeness (QED) is 0.644. The van der Waals surface area contributed by atoms with Crippen LogP contribution in [0.5, 0.6) is 0 Å². The largest absolute Gasteiger partial charge is 0.481 e. The van der Waals surface area contributed by atoms with E-state index in [0.29, 0.717) is 13.1 Å². The Balaban J connectivity index is 2.57. The number of hydrogen-bond acceptors (Lipinski definition) is 2. The summed E-state index contributed by atoms with van der Waals surface area (Å²) in [6.45, 7) is 3.18. The van der Waals surface area contributed by atoms with Crippen LogP contribution in [-0.4, -0.2) is 28.6 Å². The smallest absolute Gasteiger partial charge is 0.308 e. The molecule has 1 aliphatic rings. The van der Waals surface area contributed by atoms with Gasteiger partial charge >= 0.3 is 5.97 Å². The highest BCUT2D eigenvalue weighted by Gasteiger charge is 2.35. The SMILES string of the molecule is CC[C@@H]1CN(Cl)C[C@@H]1C(=O)O. The van der Waals surface area contributed by atoms with Gasteiger partial charge in [0.05, 0.1) is 5.92 Å². The van der Waals surface area contributed by atoms with Crippen molar-refractivity contribution < 1.29 is 9.90 Å². The molecule has 3 nitrogen and oxygen atoms in total. The first-order chi connectivity index (χ1) is 5.15. The molecule has 4 heteroatoms. The second-order valence-electron chi connectivity index (χ2n) is 2.94. The summed E-state index contributed by atoms with van der Waals surface area (Å²) in [5.41, 5.74) is 0. The van der Waals surface area contributed by atoms with E-state index in [1.807, 2.05) is 6.92 Å². The van der Waals surface area contributed by atoms with Crippen molar-refractivity contribution in [3.63, 3.8) is 0 Å². The number of aliphatic carboxylic acids is 1. The minimum absolute atomic E-state index is 0.227. The Labute approximate surface area is 71.1 Å². The molecule has 11 heavy (non-hydrogen) atoms. The lowest BCUT2D eigenvalue weighted by molar-refractivity contribution is -0.142. The molecule has 0 aromatic carbocycles. The fourth-order valence-corrected chi connectivity index (χ4v) is 1.84. The fourth-order valence-electron chi connectivity index (χ4n) is 1.51. The van der Waals surface area contributed by atoms with Gasteiger partial charge in [-0.1, -0.05) is 13.3 Å². The van der Waals surface area contributed by atoms with E-state index in [9.17, 15) is 4.79 Å². The van der Waals surface area contributed by atoms with Crippen molar-refractivity contribution in [3.05, 3.63) is 0 Å². The van der Waals surface area contributed by atoms with Crippen LogP contribution in [0.15, 0.2) is 0 Å². The Kier molecular flexibility index (Phi) is 2.73. The van der Waals surface area contributed by atoms with Crippen LogP contribution in [0.3, 0.4) is 0 Å². The molecule has 0 unspecified atom stereocenters. The number of rotatable bonds is 2. The van der Waals surface area contributed by atoms with Gasteiger partial charge < -0.3 is 5.11 Å². The summed E-state index contributed by atoms with van der Waals surface area (Å²) in [6, 6.07) is 0. The number of carbonyl (C=O) groups is 1. The summed E-state index contributed by atoms with van der Waals surface area (Å²) in [7, 11) is 0. The molecular formula is C7H12ClNO2. The van der Waals surface area contributed by atoms with E-state index < -0.39 is 5.97 Å². The number of carboxylic acids is 1. The molecule has 1 heterocycles. The van der Waals surface area contributed by atoms with Crippen LogP contribution in [0.2, 0.25) is 0 Å². The highest BCUT2D eigenvalue weighted by atomic mass is 35.5. The normalized spacial score (nSPS) is 32.5. The third-order valence-corrected chi connectivity index (χ3v) is 2.51. The van der Waals surface area contributed by atoms with Crippen molar-refractivity contribution in [2.75, 3.05) is 13.1 Å². The number of hydrogen-bond donors (Lipinski definition) is 1. The number of nitrogens with zero attached hydrogens (tertiary/aromatic N) is 1. The molecule has 0 amide bonds. The summed E-state index contributed by atoms with van der Waals surface area (Å²) >= 11 is 5.69. The Morgan fingerprint density at radius 1 is 1.73 bits per heavy atom. The zero-order valence-electron chi connectivity index (χ0n) is 6.46. The molecule has 0 spiro atoms. The van der Waals surface area contributed by atoms with Gasteiger partial charge in [0.15, 0.2) is 0 Å². The van der Waals surface area contributed by atoms with E-state index in [2.05, 4.69) is 0 Å². The van der Waals surface area contributed by atoms with Crippen molar-refractivity contribution in [1.29, 1.82) is 0 Å². The maximum Gasteiger partial charge on any atom is 0.308 e. The molecule has 2 atom stereocenters. The molecule has 1 saturated heterocycles. The molecule has 1 N–H and O–H groups in total. The van der Waals surface area contributed by atoms with Crippen molar-refractivity contribution in [1.82, 2.24) is 4.42 Å². The molecule has 1 fully saturated rings. The number of halogens is 1. The lowest BCUT2D eigenvalue weighted by Crippen LogP contribution is -2.21. The van der Waals surface area contributed by atoms with Crippen LogP contribution < -0.4 is 0 Å². The summed E-state index contributed by atoms with van der Waals surface area (Å²) in [5, 5.41) is 8.75. The lowest BCUT2D eigenvalue weighted by atomic mass is 9.94. The summed E-state index contributed by atoms with van der Waals surface area (Å²) in [4.78, 5) is 10.6. The first-order valence-electron chi connectivity index (χ1n) is 3.78. The molecule has 0 bridgehead atoms. The van der Waals surface area contributed by atoms with E-state index in [0.717, 1.165) is 6.42 Å². The van der Waals surface area contributed by atoms with E-state index in [-0.39, 0.29) is 11.8 Å². The van der Waals surface area contributed by atoms with E-state index in [1.165, 1.54) is 0 Å². The monoisotopic (exact) mass is 177 g/mol. The van der Waals surface area contributed by atoms with Crippen LogP contribution in [0.1, 0.15) is 13.3 Å². The molecule has 1 aliphatic heterocycles. The first kappa shape index (κ1) is 8.81. The van der Waals surface area contributed by atoms with Gasteiger partial charge in [-0.2, -0.15) is 0 Å². The third-order valence-electron chi connectivity index (χ3n) is 2.24. The molecule has 0 radical (unpaired) electrons. The molecule has 0 aliphatic carbocycles. The highest BCUT2D eigenvalue weighted by Crippen LogP contribution is 2.27. The van der Waals surface area contributed by atoms with Crippen molar-refractivity contribution in [2.45, 2.75) is 13.3 Å². The molecular weight excluding hydrogens is 166 g/mol. The molecule has 0 saturated carbocycles. The minimum Gasteiger partial charge on any atom is -0.481 e. The second kappa shape index (κ2) is 3.41. The van der Waals surface area contributed by atoms with Gasteiger partial charge in [0.25, 0.3) is 0 Å². The van der Waals surface area contributed by atoms with E-state index >= 15 is 0 Å². The highest BCUT2D eigenvalue weighted by molar-refractivity contribution is 6.13. The fraction of sp³-hybridized carbons (Fsp3) is 0.857. The van der Waals surface area contributed by atoms with Gasteiger partial charge in [-0.15, -0.1) is 0 Å². The van der Waals surface area contributed by atoms with Gasteiger partial charge in [-0.3, -0.25) is 4.79 Å². The zero-order valence-corrected chi connectivity index (χ0v) is 7.21. The Morgan fingerprint density at radius 3 is 2.73 bits per heavy atom. The third kappa shape index (κ3) is 1.84. The first-order valence-corrected chi connectivity index (χ1v) is 4.12. The van der Waals surface area contributed by atoms with E-state index in [4.69, 9.17) is 16.9 Å². The standard InChI is InChI=1S/C7H12ClNO2/c1-2-5-3-9(8)4-6(5)7(10)11/h5-6H,2-4H2,1H3,(H,10,11)/t5-,6+/m1/s1. The summed E-state index contributed by atoms with van der Waals surface area (Å²) < 4.78 is 1.56. The van der Waals surface area contributed by atoms with Crippen LogP contribution in [0.4, 0.5) is 0 Å². The second-order valence-corrected chi connectivity index (χ2v) is 3.42. The summed E-state index contributed by atoms with van der Waals surface area (Å²) in [6.07, 6.45) is 0.889. The lowest BCUT2D eigenvalue weighted by Gasteiger charge is -2.09. The Bertz CT molecular complexity index is 163. The maximum atomic E-state index is 10.6. The van der Waals surface area contributed by atoms with Gasteiger partial charge in [0, 0.05) is 13.1 Å². The van der Waals surface area contributed by atoms with Crippen LogP contribution in [0, 0.1) is 11.8 Å². The molecule has 0 aromatic rings. The van der Waals surface area contributed by atoms with Crippen molar-refractivity contribution in [3.8, 4) is 0 Å². The topological polar surface area (TPSA) is 40.5 Å². The van der Waals surface area contributed by atoms with Crippen LogP contribution >= 0.6 is 11.8 Å². The van der Waals surface area contributed by atoms with Gasteiger partial charge in [-0.25, -0.2) is 4.42 Å². The Hall–Kier alpha value is -0.280. The van der Waals surface area contributed by atoms with Gasteiger partial charge in [-0.05, 0) is 17.7 Å². The van der Waals surface area contributed by atoms with Gasteiger partial charge in [0.2, 0.25) is 0 Å². The minimum atomic E-state index is -0.722. The summed E-state index contributed by atoms with van der Waals surface area (Å²) in [5.74, 6) is -0.762. The average Bonchev–Trinajstić information content (AvgIpc) is 2.30. The molecule has 1 rings (SSSR count). The molecule has 64 valence electrons. The average molecular weight is 178 g/mol. The predicted molar refractivity (Wildman–Crippen MR) is 42.3 cm³/mol. The van der Waals surface area contributed by atoms with Crippen LogP contribution in [0.25, 0.3) is 0 Å². The van der Waals surface area contributed by atoms with Crippen LogP contribution in [-0.2, 0) is 4.79 Å². The van der Waals surface area contributed by atoms with E-state index in [1.54, 1.807) is 4.42 Å². The molecule has 0 aromatic heterocycles. The van der Waals surface area contributed by atoms with Gasteiger partial charge in [0.1, 0.15) is 0 Å².